The van der Waals surface area contributed by atoms with Crippen molar-refractivity contribution in [3.63, 3.8) is 0 Å². The second-order valence-electron chi connectivity index (χ2n) is 5.31. The molecule has 140 valence electrons. The van der Waals surface area contributed by atoms with E-state index in [1.165, 1.54) is 24.1 Å². The Morgan fingerprint density at radius 2 is 2.08 bits per heavy atom. The van der Waals surface area contributed by atoms with Gasteiger partial charge in [0.05, 0.1) is 12.3 Å². The van der Waals surface area contributed by atoms with Crippen LogP contribution in [0.3, 0.4) is 0 Å². The summed E-state index contributed by atoms with van der Waals surface area (Å²) in [4.78, 5) is 47.8. The number of halogens is 1. The van der Waals surface area contributed by atoms with Gasteiger partial charge >= 0.3 is 6.03 Å². The van der Waals surface area contributed by atoms with Crippen LogP contribution in [0.5, 0.6) is 0 Å². The Balaban J connectivity index is 2.13. The summed E-state index contributed by atoms with van der Waals surface area (Å²) in [6.07, 6.45) is 0. The number of nitrogens with one attached hydrogen (secondary N) is 3. The Bertz CT molecular complexity index is 741. The molecule has 2 rings (SSSR count). The molecule has 0 aromatic heterocycles. The number of ether oxygens (including phenoxy) is 1. The average Bonchev–Trinajstić information content (AvgIpc) is 2.61. The van der Waals surface area contributed by atoms with Crippen molar-refractivity contribution in [3.05, 3.63) is 24.0 Å². The van der Waals surface area contributed by atoms with Gasteiger partial charge in [0.25, 0.3) is 11.8 Å². The molecule has 0 spiro atoms. The lowest BCUT2D eigenvalue weighted by molar-refractivity contribution is -0.128. The van der Waals surface area contributed by atoms with Crippen LogP contribution in [0.15, 0.2) is 18.2 Å². The highest BCUT2D eigenvalue weighted by Crippen LogP contribution is 2.23. The standard InChI is InChI=1S/C15H18FN5O5/c1-18-15(25)20-12(13(17)23)14(24)19-10-3-2-8(6-9(10)16)21-4-5-26-7-11(21)22/h2-3,6,12H,4-5,7H2,1H3,(H2,17,23)(H,19,24)(H2,18,20,25)/t12-/m1/s1. The molecule has 0 bridgehead atoms. The number of amides is 5. The first-order chi connectivity index (χ1) is 12.3. The summed E-state index contributed by atoms with van der Waals surface area (Å²) in [5, 5.41) is 6.39. The van der Waals surface area contributed by atoms with E-state index in [0.717, 1.165) is 6.07 Å². The number of morpholine rings is 1. The number of carbonyl (C=O) groups excluding carboxylic acids is 4. The molecule has 1 aliphatic heterocycles. The van der Waals surface area contributed by atoms with E-state index in [1.54, 1.807) is 0 Å². The van der Waals surface area contributed by atoms with Crippen LogP contribution in [-0.4, -0.2) is 56.6 Å². The molecule has 1 aromatic rings. The molecule has 5 N–H and O–H groups in total. The molecule has 1 atom stereocenters. The van der Waals surface area contributed by atoms with Gasteiger partial charge in [0, 0.05) is 19.3 Å². The summed E-state index contributed by atoms with van der Waals surface area (Å²) in [5.41, 5.74) is 5.15. The number of benzene rings is 1. The zero-order valence-corrected chi connectivity index (χ0v) is 13.9. The fourth-order valence-electron chi connectivity index (χ4n) is 2.24. The lowest BCUT2D eigenvalue weighted by Crippen LogP contribution is -2.54. The highest BCUT2D eigenvalue weighted by atomic mass is 19.1. The quantitative estimate of drug-likeness (QED) is 0.489. The highest BCUT2D eigenvalue weighted by molar-refractivity contribution is 6.11. The van der Waals surface area contributed by atoms with Crippen molar-refractivity contribution in [1.82, 2.24) is 10.6 Å². The molecule has 10 nitrogen and oxygen atoms in total. The predicted octanol–water partition coefficient (Wildman–Crippen LogP) is -1.09. The van der Waals surface area contributed by atoms with Crippen molar-refractivity contribution < 1.29 is 28.3 Å². The summed E-state index contributed by atoms with van der Waals surface area (Å²) < 4.78 is 19.3. The minimum Gasteiger partial charge on any atom is -0.370 e. The van der Waals surface area contributed by atoms with Gasteiger partial charge in [-0.15, -0.1) is 0 Å². The Kier molecular flexibility index (Phi) is 6.07. The van der Waals surface area contributed by atoms with Crippen molar-refractivity contribution in [3.8, 4) is 0 Å². The molecule has 0 radical (unpaired) electrons. The molecule has 1 saturated heterocycles. The molecule has 0 aliphatic carbocycles. The van der Waals surface area contributed by atoms with Gasteiger partial charge in [0.1, 0.15) is 12.4 Å². The van der Waals surface area contributed by atoms with Gasteiger partial charge in [-0.3, -0.25) is 14.4 Å². The van der Waals surface area contributed by atoms with Crippen LogP contribution in [0, 0.1) is 5.82 Å². The smallest absolute Gasteiger partial charge is 0.315 e. The SMILES string of the molecule is CNC(=O)N[C@H](C(N)=O)C(=O)Nc1ccc(N2CCOCC2=O)cc1F. The van der Waals surface area contributed by atoms with Crippen LogP contribution in [0.2, 0.25) is 0 Å². The van der Waals surface area contributed by atoms with Crippen molar-refractivity contribution in [1.29, 1.82) is 0 Å². The second kappa shape index (κ2) is 8.25. The molecule has 1 aromatic carbocycles. The van der Waals surface area contributed by atoms with Crippen molar-refractivity contribution in [2.75, 3.05) is 37.0 Å². The fraction of sp³-hybridized carbons (Fsp3) is 0.333. The van der Waals surface area contributed by atoms with Crippen LogP contribution in [-0.2, 0) is 19.1 Å². The number of carbonyl (C=O) groups is 4. The molecule has 26 heavy (non-hydrogen) atoms. The van der Waals surface area contributed by atoms with E-state index in [4.69, 9.17) is 10.5 Å². The Morgan fingerprint density at radius 1 is 1.35 bits per heavy atom. The maximum absolute atomic E-state index is 14.3. The van der Waals surface area contributed by atoms with Crippen LogP contribution >= 0.6 is 0 Å². The number of urea groups is 1. The van der Waals surface area contributed by atoms with Crippen LogP contribution in [0.1, 0.15) is 0 Å². The van der Waals surface area contributed by atoms with Crippen molar-refractivity contribution in [2.24, 2.45) is 5.73 Å². The van der Waals surface area contributed by atoms with E-state index < -0.39 is 29.7 Å². The van der Waals surface area contributed by atoms with Gasteiger partial charge in [-0.1, -0.05) is 0 Å². The predicted molar refractivity (Wildman–Crippen MR) is 88.8 cm³/mol. The Morgan fingerprint density at radius 3 is 2.65 bits per heavy atom. The zero-order chi connectivity index (χ0) is 19.3. The van der Waals surface area contributed by atoms with E-state index in [1.807, 2.05) is 5.32 Å². The monoisotopic (exact) mass is 367 g/mol. The number of anilines is 2. The van der Waals surface area contributed by atoms with Gasteiger partial charge in [0.2, 0.25) is 5.91 Å². The number of nitrogens with zero attached hydrogens (tertiary/aromatic N) is 1. The number of hydrogen-bond acceptors (Lipinski definition) is 5. The van der Waals surface area contributed by atoms with Crippen molar-refractivity contribution in [2.45, 2.75) is 6.04 Å². The van der Waals surface area contributed by atoms with E-state index in [2.05, 4.69) is 10.6 Å². The van der Waals surface area contributed by atoms with E-state index >= 15 is 0 Å². The fourth-order valence-corrected chi connectivity index (χ4v) is 2.24. The summed E-state index contributed by atoms with van der Waals surface area (Å²) in [7, 11) is 1.29. The molecule has 5 amide bonds. The molecular formula is C15H18FN5O5. The average molecular weight is 367 g/mol. The van der Waals surface area contributed by atoms with Gasteiger partial charge in [-0.2, -0.15) is 0 Å². The summed E-state index contributed by atoms with van der Waals surface area (Å²) >= 11 is 0. The Labute approximate surface area is 147 Å². The third-order valence-corrected chi connectivity index (χ3v) is 3.56. The maximum Gasteiger partial charge on any atom is 0.315 e. The minimum absolute atomic E-state index is 0.0917. The first-order valence-corrected chi connectivity index (χ1v) is 7.59. The van der Waals surface area contributed by atoms with E-state index in [0.29, 0.717) is 12.3 Å². The molecule has 0 unspecified atom stereocenters. The van der Waals surface area contributed by atoms with E-state index in [-0.39, 0.29) is 24.7 Å². The molecule has 1 aliphatic rings. The van der Waals surface area contributed by atoms with Crippen LogP contribution in [0.25, 0.3) is 0 Å². The third-order valence-electron chi connectivity index (χ3n) is 3.56. The first-order valence-electron chi connectivity index (χ1n) is 7.59. The van der Waals surface area contributed by atoms with Gasteiger partial charge in [-0.05, 0) is 18.2 Å². The minimum atomic E-state index is -1.69. The number of rotatable bonds is 5. The Hall–Kier alpha value is -3.21. The highest BCUT2D eigenvalue weighted by Gasteiger charge is 2.27. The number of hydrogen-bond donors (Lipinski definition) is 4. The number of primary amides is 1. The van der Waals surface area contributed by atoms with Gasteiger partial charge in [0.15, 0.2) is 6.04 Å². The third kappa shape index (κ3) is 4.45. The summed E-state index contributed by atoms with van der Waals surface area (Å²) in [6.45, 7) is 0.520. The normalized spacial score (nSPS) is 15.2. The largest absolute Gasteiger partial charge is 0.370 e. The second-order valence-corrected chi connectivity index (χ2v) is 5.31. The molecular weight excluding hydrogens is 349 g/mol. The zero-order valence-electron chi connectivity index (χ0n) is 13.9. The summed E-state index contributed by atoms with van der Waals surface area (Å²) in [5.74, 6) is -3.24. The molecule has 1 fully saturated rings. The molecule has 1 heterocycles. The summed E-state index contributed by atoms with van der Waals surface area (Å²) in [6, 6.07) is 1.27. The first kappa shape index (κ1) is 19.1. The van der Waals surface area contributed by atoms with Crippen LogP contribution < -0.4 is 26.6 Å². The lowest BCUT2D eigenvalue weighted by Gasteiger charge is -2.27. The lowest BCUT2D eigenvalue weighted by atomic mass is 10.2. The van der Waals surface area contributed by atoms with Gasteiger partial charge < -0.3 is 31.3 Å². The van der Waals surface area contributed by atoms with Gasteiger partial charge in [-0.25, -0.2) is 9.18 Å². The number of nitrogens with two attached hydrogens (primary N) is 1. The van der Waals surface area contributed by atoms with Crippen molar-refractivity contribution >= 4 is 35.1 Å². The molecule has 11 heteroatoms. The maximum atomic E-state index is 14.3. The molecule has 0 saturated carbocycles. The van der Waals surface area contributed by atoms with Crippen LogP contribution in [0.4, 0.5) is 20.6 Å². The van der Waals surface area contributed by atoms with E-state index in [9.17, 15) is 23.6 Å². The topological polar surface area (TPSA) is 143 Å².